The van der Waals surface area contributed by atoms with Crippen LogP contribution in [-0.4, -0.2) is 43.5 Å². The Morgan fingerprint density at radius 2 is 2.14 bits per heavy atom. The summed E-state index contributed by atoms with van der Waals surface area (Å²) in [6.45, 7) is 5.88. The second-order valence-corrected chi connectivity index (χ2v) is 3.51. The minimum atomic E-state index is 0.0884. The molecule has 0 heterocycles. The van der Waals surface area contributed by atoms with E-state index < -0.39 is 0 Å². The van der Waals surface area contributed by atoms with Crippen LogP contribution in [0.4, 0.5) is 0 Å². The molecule has 0 bridgehead atoms. The lowest BCUT2D eigenvalue weighted by Gasteiger charge is -2.25. The molecular formula is C10H23N3O. The first-order chi connectivity index (χ1) is 6.65. The smallest absolute Gasteiger partial charge is 0.234 e. The molecule has 1 amide bonds. The normalized spacial score (nSPS) is 12.9. The van der Waals surface area contributed by atoms with E-state index in [0.29, 0.717) is 25.7 Å². The van der Waals surface area contributed by atoms with Gasteiger partial charge >= 0.3 is 0 Å². The van der Waals surface area contributed by atoms with Gasteiger partial charge in [-0.05, 0) is 33.4 Å². The summed E-state index contributed by atoms with van der Waals surface area (Å²) < 4.78 is 0. The third-order valence-corrected chi connectivity index (χ3v) is 2.36. The van der Waals surface area contributed by atoms with Crippen LogP contribution in [0.15, 0.2) is 0 Å². The number of nitrogens with two attached hydrogens (primary N) is 1. The lowest BCUT2D eigenvalue weighted by molar-refractivity contribution is -0.122. The van der Waals surface area contributed by atoms with E-state index in [0.717, 1.165) is 12.8 Å². The Morgan fingerprint density at radius 3 is 2.57 bits per heavy atom. The maximum absolute atomic E-state index is 11.3. The summed E-state index contributed by atoms with van der Waals surface area (Å²) in [5, 5.41) is 2.79. The molecule has 84 valence electrons. The van der Waals surface area contributed by atoms with Gasteiger partial charge in [-0.1, -0.05) is 6.92 Å². The van der Waals surface area contributed by atoms with Crippen molar-refractivity contribution < 1.29 is 4.79 Å². The number of nitrogens with one attached hydrogen (secondary N) is 1. The predicted molar refractivity (Wildman–Crippen MR) is 59.1 cm³/mol. The van der Waals surface area contributed by atoms with Crippen molar-refractivity contribution in [1.29, 1.82) is 0 Å². The molecule has 1 atom stereocenters. The van der Waals surface area contributed by atoms with Gasteiger partial charge < -0.3 is 11.1 Å². The van der Waals surface area contributed by atoms with Crippen LogP contribution in [0.2, 0.25) is 0 Å². The van der Waals surface area contributed by atoms with Crippen LogP contribution in [0.25, 0.3) is 0 Å². The van der Waals surface area contributed by atoms with Crippen molar-refractivity contribution in [2.24, 2.45) is 5.73 Å². The molecule has 0 aromatic carbocycles. The van der Waals surface area contributed by atoms with Crippen molar-refractivity contribution in [2.45, 2.75) is 32.7 Å². The zero-order valence-corrected chi connectivity index (χ0v) is 9.55. The third kappa shape index (κ3) is 5.19. The highest BCUT2D eigenvalue weighted by Gasteiger charge is 2.14. The Hall–Kier alpha value is -0.610. The van der Waals surface area contributed by atoms with Crippen molar-refractivity contribution in [2.75, 3.05) is 26.7 Å². The molecule has 0 aromatic rings. The van der Waals surface area contributed by atoms with Gasteiger partial charge in [-0.3, -0.25) is 9.69 Å². The summed E-state index contributed by atoms with van der Waals surface area (Å²) in [5.41, 5.74) is 5.51. The second-order valence-electron chi connectivity index (χ2n) is 3.51. The quantitative estimate of drug-likeness (QED) is 0.618. The van der Waals surface area contributed by atoms with Gasteiger partial charge in [0.2, 0.25) is 5.91 Å². The fraction of sp³-hybridized carbons (Fsp3) is 0.900. The first kappa shape index (κ1) is 13.4. The fourth-order valence-corrected chi connectivity index (χ4v) is 1.54. The van der Waals surface area contributed by atoms with E-state index in [1.807, 2.05) is 14.0 Å². The second kappa shape index (κ2) is 7.76. The van der Waals surface area contributed by atoms with Crippen LogP contribution < -0.4 is 11.1 Å². The largest absolute Gasteiger partial charge is 0.355 e. The molecule has 0 aromatic heterocycles. The number of carbonyl (C=O) groups is 1. The first-order valence-corrected chi connectivity index (χ1v) is 5.32. The Bertz CT molecular complexity index is 161. The molecule has 0 aliphatic heterocycles. The Morgan fingerprint density at radius 1 is 1.50 bits per heavy atom. The minimum Gasteiger partial charge on any atom is -0.355 e. The van der Waals surface area contributed by atoms with Crippen LogP contribution >= 0.6 is 0 Å². The minimum absolute atomic E-state index is 0.0884. The molecule has 0 aliphatic carbocycles. The van der Waals surface area contributed by atoms with E-state index in [4.69, 9.17) is 5.73 Å². The number of hydrogen-bond acceptors (Lipinski definition) is 3. The van der Waals surface area contributed by atoms with Gasteiger partial charge in [0.15, 0.2) is 0 Å². The highest BCUT2D eigenvalue weighted by atomic mass is 16.2. The van der Waals surface area contributed by atoms with Crippen LogP contribution in [0.1, 0.15) is 26.7 Å². The average Bonchev–Trinajstić information content (AvgIpc) is 2.14. The number of nitrogens with zero attached hydrogens (tertiary/aromatic N) is 1. The lowest BCUT2D eigenvalue weighted by Crippen LogP contribution is -2.41. The van der Waals surface area contributed by atoms with Crippen molar-refractivity contribution in [3.05, 3.63) is 0 Å². The molecule has 3 N–H and O–H groups in total. The van der Waals surface area contributed by atoms with E-state index in [1.54, 1.807) is 0 Å². The van der Waals surface area contributed by atoms with Gasteiger partial charge in [0.1, 0.15) is 0 Å². The zero-order chi connectivity index (χ0) is 11.0. The van der Waals surface area contributed by atoms with Gasteiger partial charge in [0, 0.05) is 12.6 Å². The molecule has 0 spiro atoms. The summed E-state index contributed by atoms with van der Waals surface area (Å²) in [7, 11) is 1.97. The summed E-state index contributed by atoms with van der Waals surface area (Å²) in [6, 6.07) is 0.419. The predicted octanol–water partition coefficient (Wildman–Crippen LogP) is 0.182. The maximum Gasteiger partial charge on any atom is 0.234 e. The van der Waals surface area contributed by atoms with E-state index in [9.17, 15) is 4.79 Å². The Labute approximate surface area is 86.8 Å². The zero-order valence-electron chi connectivity index (χ0n) is 9.55. The van der Waals surface area contributed by atoms with Crippen molar-refractivity contribution >= 4 is 5.91 Å². The van der Waals surface area contributed by atoms with Crippen molar-refractivity contribution in [3.8, 4) is 0 Å². The molecule has 4 nitrogen and oxygen atoms in total. The van der Waals surface area contributed by atoms with E-state index in [1.165, 1.54) is 0 Å². The van der Waals surface area contributed by atoms with Crippen molar-refractivity contribution in [1.82, 2.24) is 10.2 Å². The van der Waals surface area contributed by atoms with E-state index in [2.05, 4.69) is 17.1 Å². The molecule has 0 aliphatic rings. The lowest BCUT2D eigenvalue weighted by atomic mass is 10.1. The first-order valence-electron chi connectivity index (χ1n) is 5.32. The van der Waals surface area contributed by atoms with Crippen LogP contribution in [0, 0.1) is 0 Å². The molecule has 1 unspecified atom stereocenters. The summed E-state index contributed by atoms with van der Waals surface area (Å²) in [4.78, 5) is 13.4. The van der Waals surface area contributed by atoms with Gasteiger partial charge in [-0.2, -0.15) is 0 Å². The number of hydrogen-bond donors (Lipinski definition) is 2. The van der Waals surface area contributed by atoms with Crippen LogP contribution in [0.3, 0.4) is 0 Å². The topological polar surface area (TPSA) is 58.4 Å². The molecule has 0 radical (unpaired) electrons. The standard InChI is InChI=1S/C10H23N3O/c1-4-9(6-7-11)13(3)8-10(14)12-5-2/h9H,4-8,11H2,1-3H3,(H,12,14). The molecule has 0 saturated heterocycles. The van der Waals surface area contributed by atoms with Gasteiger partial charge in [-0.25, -0.2) is 0 Å². The van der Waals surface area contributed by atoms with Crippen LogP contribution in [0.5, 0.6) is 0 Å². The highest BCUT2D eigenvalue weighted by Crippen LogP contribution is 2.04. The van der Waals surface area contributed by atoms with E-state index in [-0.39, 0.29) is 5.91 Å². The van der Waals surface area contributed by atoms with Gasteiger partial charge in [0.05, 0.1) is 6.54 Å². The summed E-state index contributed by atoms with van der Waals surface area (Å²) >= 11 is 0. The average molecular weight is 201 g/mol. The molecule has 14 heavy (non-hydrogen) atoms. The molecule has 0 fully saturated rings. The SMILES string of the molecule is CCNC(=O)CN(C)C(CC)CCN. The Balaban J connectivity index is 3.89. The number of rotatable bonds is 7. The number of likely N-dealkylation sites (N-methyl/N-ethyl adjacent to an activating group) is 2. The highest BCUT2D eigenvalue weighted by molar-refractivity contribution is 5.77. The summed E-state index contributed by atoms with van der Waals surface area (Å²) in [5.74, 6) is 0.0884. The summed E-state index contributed by atoms with van der Waals surface area (Å²) in [6.07, 6.45) is 1.99. The monoisotopic (exact) mass is 201 g/mol. The van der Waals surface area contributed by atoms with E-state index >= 15 is 0 Å². The van der Waals surface area contributed by atoms with Crippen LogP contribution in [-0.2, 0) is 4.79 Å². The third-order valence-electron chi connectivity index (χ3n) is 2.36. The molecule has 4 heteroatoms. The Kier molecular flexibility index (Phi) is 7.42. The fourth-order valence-electron chi connectivity index (χ4n) is 1.54. The number of carbonyl (C=O) groups excluding carboxylic acids is 1. The molecule has 0 saturated carbocycles. The molecule has 0 rings (SSSR count). The molecular weight excluding hydrogens is 178 g/mol. The van der Waals surface area contributed by atoms with Gasteiger partial charge in [0.25, 0.3) is 0 Å². The maximum atomic E-state index is 11.3. The number of amides is 1. The van der Waals surface area contributed by atoms with Crippen molar-refractivity contribution in [3.63, 3.8) is 0 Å². The van der Waals surface area contributed by atoms with Gasteiger partial charge in [-0.15, -0.1) is 0 Å².